The van der Waals surface area contributed by atoms with Gasteiger partial charge >= 0.3 is 0 Å². The van der Waals surface area contributed by atoms with Crippen LogP contribution in [0.15, 0.2) is 60.7 Å². The maximum absolute atomic E-state index is 13.9. The fourth-order valence-corrected chi connectivity index (χ4v) is 5.68. The number of nitrogens with zero attached hydrogens (tertiary/aromatic N) is 2. The van der Waals surface area contributed by atoms with E-state index in [0.29, 0.717) is 22.9 Å². The van der Waals surface area contributed by atoms with Crippen LogP contribution in [0.25, 0.3) is 10.8 Å². The van der Waals surface area contributed by atoms with Crippen LogP contribution in [0.3, 0.4) is 0 Å². The van der Waals surface area contributed by atoms with Gasteiger partial charge in [0.05, 0.1) is 34.1 Å². The molecule has 2 fully saturated rings. The first-order chi connectivity index (χ1) is 17.6. The molecule has 0 radical (unpaired) electrons. The Morgan fingerprint density at radius 3 is 2.35 bits per heavy atom. The van der Waals surface area contributed by atoms with E-state index in [0.717, 1.165) is 4.90 Å². The van der Waals surface area contributed by atoms with Crippen molar-refractivity contribution in [1.82, 2.24) is 0 Å². The third-order valence-electron chi connectivity index (χ3n) is 7.38. The number of anilines is 1. The molecule has 1 N–H and O–H groups in total. The third-order valence-corrected chi connectivity index (χ3v) is 7.38. The molecule has 2 amide bonds. The van der Waals surface area contributed by atoms with Gasteiger partial charge in [-0.1, -0.05) is 25.1 Å². The summed E-state index contributed by atoms with van der Waals surface area (Å²) in [6, 6.07) is 14.6. The Morgan fingerprint density at radius 2 is 1.70 bits per heavy atom. The van der Waals surface area contributed by atoms with Crippen molar-refractivity contribution in [2.45, 2.75) is 38.1 Å². The number of imide groups is 1. The van der Waals surface area contributed by atoms with Crippen LogP contribution in [0, 0.1) is 27.8 Å². The number of ether oxygens (including phenoxy) is 2. The van der Waals surface area contributed by atoms with Gasteiger partial charge in [-0.25, -0.2) is 9.29 Å². The molecular formula is C27H25FN2O7. The molecule has 2 unspecified atom stereocenters. The van der Waals surface area contributed by atoms with Gasteiger partial charge in [-0.15, -0.1) is 0 Å². The number of carbonyl (C=O) groups is 2. The van der Waals surface area contributed by atoms with Gasteiger partial charge in [-0.05, 0) is 49.7 Å². The molecule has 9 nitrogen and oxygen atoms in total. The molecule has 5 rings (SSSR count). The number of nitro benzene ring substituents is 1. The SMILES string of the molecule is CCC1(CCOc2ccc(F)cc2)OC(C)(O)[C@H]2C(=O)N(c3ccc([N+](=O)[O-])c4ccccc34)C(=O)[C@H]21. The predicted octanol–water partition coefficient (Wildman–Crippen LogP) is 4.35. The summed E-state index contributed by atoms with van der Waals surface area (Å²) < 4.78 is 25.0. The van der Waals surface area contributed by atoms with E-state index < -0.39 is 45.8 Å². The predicted molar refractivity (Wildman–Crippen MR) is 131 cm³/mol. The lowest BCUT2D eigenvalue weighted by atomic mass is 9.77. The van der Waals surface area contributed by atoms with Crippen molar-refractivity contribution in [3.63, 3.8) is 0 Å². The van der Waals surface area contributed by atoms with Gasteiger partial charge in [-0.3, -0.25) is 19.7 Å². The minimum Gasteiger partial charge on any atom is -0.493 e. The van der Waals surface area contributed by atoms with Crippen molar-refractivity contribution in [3.8, 4) is 5.75 Å². The Bertz CT molecular complexity index is 1410. The molecule has 2 heterocycles. The van der Waals surface area contributed by atoms with E-state index in [2.05, 4.69) is 0 Å². The van der Waals surface area contributed by atoms with Crippen molar-refractivity contribution in [1.29, 1.82) is 0 Å². The van der Waals surface area contributed by atoms with E-state index >= 15 is 0 Å². The average molecular weight is 509 g/mol. The summed E-state index contributed by atoms with van der Waals surface area (Å²) in [5, 5.41) is 23.4. The number of halogens is 1. The van der Waals surface area contributed by atoms with Gasteiger partial charge in [0.2, 0.25) is 11.8 Å². The number of hydrogen-bond acceptors (Lipinski definition) is 7. The van der Waals surface area contributed by atoms with Crippen LogP contribution in [-0.4, -0.2) is 39.8 Å². The van der Waals surface area contributed by atoms with Crippen LogP contribution < -0.4 is 9.64 Å². The molecular weight excluding hydrogens is 483 g/mol. The van der Waals surface area contributed by atoms with Gasteiger partial charge in [0.1, 0.15) is 17.5 Å². The summed E-state index contributed by atoms with van der Waals surface area (Å²) in [6.45, 7) is 3.27. The molecule has 0 bridgehead atoms. The van der Waals surface area contributed by atoms with E-state index in [1.807, 2.05) is 0 Å². The quantitative estimate of drug-likeness (QED) is 0.286. The fourth-order valence-electron chi connectivity index (χ4n) is 5.68. The highest BCUT2D eigenvalue weighted by molar-refractivity contribution is 6.26. The van der Waals surface area contributed by atoms with Crippen molar-refractivity contribution in [2.75, 3.05) is 11.5 Å². The Balaban J connectivity index is 1.51. The topological polar surface area (TPSA) is 119 Å². The highest BCUT2D eigenvalue weighted by Gasteiger charge is 2.70. The number of hydrogen-bond donors (Lipinski definition) is 1. The largest absolute Gasteiger partial charge is 0.493 e. The van der Waals surface area contributed by atoms with Gasteiger partial charge in [0, 0.05) is 17.9 Å². The lowest BCUT2D eigenvalue weighted by Gasteiger charge is -2.34. The van der Waals surface area contributed by atoms with E-state index in [4.69, 9.17) is 9.47 Å². The Hall–Kier alpha value is -3.89. The molecule has 0 saturated carbocycles. The maximum Gasteiger partial charge on any atom is 0.277 e. The maximum atomic E-state index is 13.9. The van der Waals surface area contributed by atoms with Crippen molar-refractivity contribution in [2.24, 2.45) is 11.8 Å². The van der Waals surface area contributed by atoms with Crippen LogP contribution in [0.4, 0.5) is 15.8 Å². The van der Waals surface area contributed by atoms with Crippen LogP contribution in [0.1, 0.15) is 26.7 Å². The number of nitro groups is 1. The molecule has 37 heavy (non-hydrogen) atoms. The van der Waals surface area contributed by atoms with Gasteiger partial charge in [0.25, 0.3) is 5.69 Å². The molecule has 3 aromatic carbocycles. The summed E-state index contributed by atoms with van der Waals surface area (Å²) in [6.07, 6.45) is 0.497. The fraction of sp³-hybridized carbons (Fsp3) is 0.333. The van der Waals surface area contributed by atoms with E-state index in [9.17, 15) is 29.2 Å². The number of carbonyl (C=O) groups excluding carboxylic acids is 2. The van der Waals surface area contributed by atoms with Crippen molar-refractivity contribution >= 4 is 34.0 Å². The van der Waals surface area contributed by atoms with Gasteiger partial charge < -0.3 is 14.6 Å². The summed E-state index contributed by atoms with van der Waals surface area (Å²) in [5.41, 5.74) is -1.13. The van der Waals surface area contributed by atoms with Crippen LogP contribution in [-0.2, 0) is 14.3 Å². The average Bonchev–Trinajstić information content (AvgIpc) is 3.28. The van der Waals surface area contributed by atoms with Crippen LogP contribution >= 0.6 is 0 Å². The molecule has 2 saturated heterocycles. The smallest absolute Gasteiger partial charge is 0.277 e. The molecule has 3 aromatic rings. The summed E-state index contributed by atoms with van der Waals surface area (Å²) in [5.74, 6) is -5.23. The number of fused-ring (bicyclic) bond motifs is 2. The number of non-ortho nitro benzene ring substituents is 1. The second kappa shape index (κ2) is 8.89. The first kappa shape index (κ1) is 24.8. The monoisotopic (exact) mass is 508 g/mol. The number of amides is 2. The van der Waals surface area contributed by atoms with Gasteiger partial charge in [-0.2, -0.15) is 0 Å². The van der Waals surface area contributed by atoms with Gasteiger partial charge in [0.15, 0.2) is 5.79 Å². The zero-order chi connectivity index (χ0) is 26.5. The molecule has 10 heteroatoms. The highest BCUT2D eigenvalue weighted by atomic mass is 19.1. The Kier molecular flexibility index (Phi) is 5.96. The molecule has 0 spiro atoms. The highest BCUT2D eigenvalue weighted by Crippen LogP contribution is 2.55. The zero-order valence-electron chi connectivity index (χ0n) is 20.2. The molecule has 192 valence electrons. The van der Waals surface area contributed by atoms with Crippen molar-refractivity contribution < 1.29 is 33.5 Å². The second-order valence-electron chi connectivity index (χ2n) is 9.50. The summed E-state index contributed by atoms with van der Waals surface area (Å²) >= 11 is 0. The number of aliphatic hydroxyl groups is 1. The Morgan fingerprint density at radius 1 is 1.05 bits per heavy atom. The first-order valence-electron chi connectivity index (χ1n) is 11.9. The zero-order valence-corrected chi connectivity index (χ0v) is 20.2. The lowest BCUT2D eigenvalue weighted by molar-refractivity contribution is -0.383. The molecule has 2 aliphatic heterocycles. The van der Waals surface area contributed by atoms with E-state index in [1.165, 1.54) is 43.3 Å². The Labute approximate surface area is 211 Å². The second-order valence-corrected chi connectivity index (χ2v) is 9.50. The van der Waals surface area contributed by atoms with Crippen LogP contribution in [0.2, 0.25) is 0 Å². The minimum absolute atomic E-state index is 0.0979. The third kappa shape index (κ3) is 3.93. The normalized spacial score (nSPS) is 27.1. The summed E-state index contributed by atoms with van der Waals surface area (Å²) in [4.78, 5) is 39.6. The molecule has 0 aromatic heterocycles. The molecule has 2 aliphatic rings. The minimum atomic E-state index is -1.92. The number of rotatable bonds is 7. The molecule has 4 atom stereocenters. The van der Waals surface area contributed by atoms with E-state index in [-0.39, 0.29) is 24.4 Å². The van der Waals surface area contributed by atoms with Crippen molar-refractivity contribution in [3.05, 3.63) is 76.6 Å². The van der Waals surface area contributed by atoms with Crippen LogP contribution in [0.5, 0.6) is 5.75 Å². The number of benzene rings is 3. The standard InChI is InChI=1S/C27H25FN2O7/c1-3-27(14-15-36-17-10-8-16(28)9-11-17)23-22(26(2,33)37-27)24(31)29(25(23)32)20-12-13-21(30(34)35)19-7-5-4-6-18(19)20/h4-13,22-23,33H,3,14-15H2,1-2H3/t22-,23+,26?,27?/m1/s1. The molecule has 0 aliphatic carbocycles. The lowest BCUT2D eigenvalue weighted by Crippen LogP contribution is -2.45. The van der Waals surface area contributed by atoms with E-state index in [1.54, 1.807) is 31.2 Å². The first-order valence-corrected chi connectivity index (χ1v) is 11.9. The summed E-state index contributed by atoms with van der Waals surface area (Å²) in [7, 11) is 0.